The molecule has 1 aliphatic heterocycles. The van der Waals surface area contributed by atoms with Crippen LogP contribution in [0.4, 0.5) is 0 Å². The summed E-state index contributed by atoms with van der Waals surface area (Å²) in [5.41, 5.74) is 0.324. The van der Waals surface area contributed by atoms with E-state index >= 15 is 0 Å². The molecule has 3 rings (SSSR count). The van der Waals surface area contributed by atoms with Crippen LogP contribution in [0.2, 0.25) is 0 Å². The van der Waals surface area contributed by atoms with Crippen LogP contribution in [0.1, 0.15) is 18.4 Å². The van der Waals surface area contributed by atoms with Crippen LogP contribution in [0.15, 0.2) is 11.2 Å². The number of hydrogen-bond donors (Lipinski definition) is 2. The first kappa shape index (κ1) is 14.0. The highest BCUT2D eigenvalue weighted by molar-refractivity contribution is 7.89. The number of sulfonamides is 1. The van der Waals surface area contributed by atoms with Gasteiger partial charge < -0.3 is 10.0 Å². The van der Waals surface area contributed by atoms with Gasteiger partial charge in [0.1, 0.15) is 0 Å². The third-order valence-electron chi connectivity index (χ3n) is 3.99. The van der Waals surface area contributed by atoms with Gasteiger partial charge in [0.05, 0.1) is 12.8 Å². The van der Waals surface area contributed by atoms with Gasteiger partial charge in [-0.25, -0.2) is 8.42 Å². The maximum Gasteiger partial charge on any atom is 0.260 e. The summed E-state index contributed by atoms with van der Waals surface area (Å²) in [6.45, 7) is 3.32. The Bertz CT molecular complexity index is 559. The number of nitrogens with one attached hydrogen (secondary N) is 1. The lowest BCUT2D eigenvalue weighted by Gasteiger charge is -2.33. The van der Waals surface area contributed by atoms with Gasteiger partial charge in [0.2, 0.25) is 0 Å². The van der Waals surface area contributed by atoms with Gasteiger partial charge in [-0.2, -0.15) is 9.40 Å². The van der Waals surface area contributed by atoms with Gasteiger partial charge in [0.15, 0.2) is 5.03 Å². The predicted molar refractivity (Wildman–Crippen MR) is 72.4 cm³/mol. The van der Waals surface area contributed by atoms with Gasteiger partial charge in [-0.05, 0) is 18.8 Å². The second kappa shape index (κ2) is 5.44. The molecule has 1 saturated heterocycles. The molecule has 2 N–H and O–H groups in total. The Hall–Kier alpha value is -0.960. The van der Waals surface area contributed by atoms with Crippen molar-refractivity contribution in [3.05, 3.63) is 11.8 Å². The first-order valence-electron chi connectivity index (χ1n) is 6.97. The largest absolute Gasteiger partial charge is 0.392 e. The molecule has 0 aromatic carbocycles. The summed E-state index contributed by atoms with van der Waals surface area (Å²) in [7, 11) is -3.57. The van der Waals surface area contributed by atoms with Gasteiger partial charge in [-0.15, -0.1) is 0 Å². The van der Waals surface area contributed by atoms with E-state index < -0.39 is 10.0 Å². The molecule has 0 amide bonds. The molecular weight excluding hydrogens is 280 g/mol. The summed E-state index contributed by atoms with van der Waals surface area (Å²) in [6, 6.07) is 0. The van der Waals surface area contributed by atoms with Crippen LogP contribution in [0.5, 0.6) is 0 Å². The fraction of sp³-hybridized carbons (Fsp3) is 0.750. The minimum atomic E-state index is -3.57. The standard InChI is InChI=1S/C12H20N4O3S/c17-9-11-7-13-14-12(11)20(18,19)16-5-3-15(4-6-16)8-10-1-2-10/h7,10,17H,1-6,8-9H2,(H,13,14). The van der Waals surface area contributed by atoms with E-state index in [0.29, 0.717) is 18.7 Å². The molecule has 1 aromatic heterocycles. The van der Waals surface area contributed by atoms with Gasteiger partial charge in [0, 0.05) is 38.3 Å². The topological polar surface area (TPSA) is 89.5 Å². The summed E-state index contributed by atoms with van der Waals surface area (Å²) >= 11 is 0. The highest BCUT2D eigenvalue weighted by Gasteiger charge is 2.33. The SMILES string of the molecule is O=S(=O)(c1[nH]ncc1CO)N1CCN(CC2CC2)CC1. The molecule has 0 unspecified atom stereocenters. The van der Waals surface area contributed by atoms with Crippen molar-refractivity contribution in [1.82, 2.24) is 19.4 Å². The van der Waals surface area contributed by atoms with Crippen molar-refractivity contribution < 1.29 is 13.5 Å². The van der Waals surface area contributed by atoms with Crippen LogP contribution in [0.25, 0.3) is 0 Å². The quantitative estimate of drug-likeness (QED) is 0.773. The molecule has 112 valence electrons. The number of rotatable bonds is 5. The van der Waals surface area contributed by atoms with E-state index in [2.05, 4.69) is 15.1 Å². The summed E-state index contributed by atoms with van der Waals surface area (Å²) in [5.74, 6) is 0.826. The minimum absolute atomic E-state index is 0.0237. The number of aliphatic hydroxyl groups excluding tert-OH is 1. The summed E-state index contributed by atoms with van der Waals surface area (Å²) in [5, 5.41) is 15.4. The Labute approximate surface area is 118 Å². The number of aromatic nitrogens is 2. The number of hydrogen-bond acceptors (Lipinski definition) is 5. The normalized spacial score (nSPS) is 22.2. The summed E-state index contributed by atoms with van der Waals surface area (Å²) < 4.78 is 26.5. The summed E-state index contributed by atoms with van der Waals surface area (Å²) in [4.78, 5) is 2.34. The van der Waals surface area contributed by atoms with Crippen molar-refractivity contribution in [2.24, 2.45) is 5.92 Å². The first-order chi connectivity index (χ1) is 9.61. The van der Waals surface area contributed by atoms with Crippen molar-refractivity contribution in [2.75, 3.05) is 32.7 Å². The smallest absolute Gasteiger partial charge is 0.260 e. The van der Waals surface area contributed by atoms with E-state index in [9.17, 15) is 8.42 Å². The second-order valence-corrected chi connectivity index (χ2v) is 7.41. The number of H-pyrrole nitrogens is 1. The van der Waals surface area contributed by atoms with Gasteiger partial charge in [-0.1, -0.05) is 0 Å². The maximum atomic E-state index is 12.5. The molecular formula is C12H20N4O3S. The first-order valence-corrected chi connectivity index (χ1v) is 8.41. The van der Waals surface area contributed by atoms with Crippen LogP contribution >= 0.6 is 0 Å². The number of aliphatic hydroxyl groups is 1. The fourth-order valence-corrected chi connectivity index (χ4v) is 4.10. The zero-order valence-corrected chi connectivity index (χ0v) is 12.1. The Morgan fingerprint density at radius 3 is 2.60 bits per heavy atom. The molecule has 2 aliphatic rings. The summed E-state index contributed by atoms with van der Waals surface area (Å²) in [6.07, 6.45) is 3.98. The van der Waals surface area contributed by atoms with Crippen molar-refractivity contribution >= 4 is 10.0 Å². The molecule has 1 aliphatic carbocycles. The average Bonchev–Trinajstić information content (AvgIpc) is 3.12. The van der Waals surface area contributed by atoms with E-state index in [1.165, 1.54) is 23.3 Å². The monoisotopic (exact) mass is 300 g/mol. The van der Waals surface area contributed by atoms with Crippen LogP contribution < -0.4 is 0 Å². The van der Waals surface area contributed by atoms with E-state index in [1.54, 1.807) is 0 Å². The minimum Gasteiger partial charge on any atom is -0.392 e. The Morgan fingerprint density at radius 1 is 1.30 bits per heavy atom. The average molecular weight is 300 g/mol. The zero-order chi connectivity index (χ0) is 14.2. The second-order valence-electron chi connectivity index (χ2n) is 5.53. The van der Waals surface area contributed by atoms with Crippen LogP contribution in [-0.4, -0.2) is 65.7 Å². The van der Waals surface area contributed by atoms with Crippen molar-refractivity contribution in [3.63, 3.8) is 0 Å². The predicted octanol–water partition coefficient (Wildman–Crippen LogP) is -0.382. The molecule has 0 spiro atoms. The third-order valence-corrected chi connectivity index (χ3v) is 5.91. The molecule has 0 atom stereocenters. The van der Waals surface area contributed by atoms with Crippen LogP contribution in [-0.2, 0) is 16.6 Å². The zero-order valence-electron chi connectivity index (χ0n) is 11.3. The van der Waals surface area contributed by atoms with Crippen molar-refractivity contribution in [2.45, 2.75) is 24.5 Å². The fourth-order valence-electron chi connectivity index (χ4n) is 2.58. The molecule has 20 heavy (non-hydrogen) atoms. The van der Waals surface area contributed by atoms with Crippen LogP contribution in [0.3, 0.4) is 0 Å². The van der Waals surface area contributed by atoms with E-state index in [1.807, 2.05) is 0 Å². The highest BCUT2D eigenvalue weighted by atomic mass is 32.2. The molecule has 8 heteroatoms. The Balaban J connectivity index is 1.67. The van der Waals surface area contributed by atoms with Crippen molar-refractivity contribution in [1.29, 1.82) is 0 Å². The lowest BCUT2D eigenvalue weighted by atomic mass is 10.3. The Morgan fingerprint density at radius 2 is 2.00 bits per heavy atom. The van der Waals surface area contributed by atoms with E-state index in [4.69, 9.17) is 5.11 Å². The van der Waals surface area contributed by atoms with E-state index in [0.717, 1.165) is 25.6 Å². The number of nitrogens with zero attached hydrogens (tertiary/aromatic N) is 3. The maximum absolute atomic E-state index is 12.5. The van der Waals surface area contributed by atoms with Crippen LogP contribution in [0, 0.1) is 5.92 Å². The van der Waals surface area contributed by atoms with Gasteiger partial charge in [-0.3, -0.25) is 5.10 Å². The molecule has 0 radical (unpaired) electrons. The van der Waals surface area contributed by atoms with E-state index in [-0.39, 0.29) is 11.6 Å². The molecule has 7 nitrogen and oxygen atoms in total. The molecule has 1 saturated carbocycles. The molecule has 1 aromatic rings. The molecule has 2 heterocycles. The lowest BCUT2D eigenvalue weighted by molar-refractivity contribution is 0.182. The Kier molecular flexibility index (Phi) is 3.80. The number of piperazine rings is 1. The molecule has 0 bridgehead atoms. The van der Waals surface area contributed by atoms with Gasteiger partial charge in [0.25, 0.3) is 10.0 Å². The molecule has 2 fully saturated rings. The third kappa shape index (κ3) is 2.73. The van der Waals surface area contributed by atoms with Crippen molar-refractivity contribution in [3.8, 4) is 0 Å². The van der Waals surface area contributed by atoms with Gasteiger partial charge >= 0.3 is 0 Å². The lowest BCUT2D eigenvalue weighted by Crippen LogP contribution is -2.49. The highest BCUT2D eigenvalue weighted by Crippen LogP contribution is 2.30. The number of aromatic amines is 1.